The Balaban J connectivity index is 2.38. The second-order valence-electron chi connectivity index (χ2n) is 4.61. The molecule has 0 aromatic heterocycles. The lowest BCUT2D eigenvalue weighted by molar-refractivity contribution is 0.675. The number of unbranched alkanes of at least 4 members (excludes halogenated alkanes) is 4. The van der Waals surface area contributed by atoms with Gasteiger partial charge in [-0.05, 0) is 37.8 Å². The highest BCUT2D eigenvalue weighted by atomic mass is 14.0. The predicted molar refractivity (Wildman–Crippen MR) is 73.7 cm³/mol. The van der Waals surface area contributed by atoms with Gasteiger partial charge in [-0.2, -0.15) is 0 Å². The molecule has 0 saturated heterocycles. The van der Waals surface area contributed by atoms with E-state index in [1.165, 1.54) is 48.8 Å². The molecule has 0 heterocycles. The molecule has 0 spiro atoms. The van der Waals surface area contributed by atoms with Gasteiger partial charge in [0.05, 0.1) is 0 Å². The van der Waals surface area contributed by atoms with Crippen LogP contribution in [0.3, 0.4) is 0 Å². The Hall–Kier alpha value is -1.04. The van der Waals surface area contributed by atoms with E-state index in [4.69, 9.17) is 0 Å². The molecule has 1 aromatic carbocycles. The summed E-state index contributed by atoms with van der Waals surface area (Å²) >= 11 is 0. The van der Waals surface area contributed by atoms with Gasteiger partial charge in [0.1, 0.15) is 0 Å². The molecule has 16 heavy (non-hydrogen) atoms. The average molecular weight is 216 g/mol. The number of allylic oxidation sites excluding steroid dienone is 1. The number of aryl methyl sites for hydroxylation is 2. The van der Waals surface area contributed by atoms with E-state index in [1.54, 1.807) is 0 Å². The highest BCUT2D eigenvalue weighted by Gasteiger charge is 1.93. The van der Waals surface area contributed by atoms with Crippen LogP contribution in [0.15, 0.2) is 24.3 Å². The van der Waals surface area contributed by atoms with Crippen molar-refractivity contribution in [3.63, 3.8) is 0 Å². The fourth-order valence-corrected chi connectivity index (χ4v) is 1.91. The van der Waals surface area contributed by atoms with Crippen LogP contribution in [-0.4, -0.2) is 0 Å². The van der Waals surface area contributed by atoms with Crippen LogP contribution in [0.5, 0.6) is 0 Å². The average Bonchev–Trinajstić information content (AvgIpc) is 2.26. The number of benzene rings is 1. The molecule has 0 heteroatoms. The quantitative estimate of drug-likeness (QED) is 0.567. The SMILES string of the molecule is CCCCCCC=Cc1ccc(C)cc1C. The molecule has 0 bridgehead atoms. The van der Waals surface area contributed by atoms with E-state index in [1.807, 2.05) is 0 Å². The molecule has 1 aromatic rings. The van der Waals surface area contributed by atoms with Crippen LogP contribution in [0.25, 0.3) is 6.08 Å². The summed E-state index contributed by atoms with van der Waals surface area (Å²) in [6.07, 6.45) is 11.2. The second-order valence-corrected chi connectivity index (χ2v) is 4.61. The molecule has 0 N–H and O–H groups in total. The monoisotopic (exact) mass is 216 g/mol. The lowest BCUT2D eigenvalue weighted by Crippen LogP contribution is -1.82. The molecule has 0 aliphatic rings. The van der Waals surface area contributed by atoms with E-state index in [0.717, 1.165) is 0 Å². The van der Waals surface area contributed by atoms with Gasteiger partial charge in [0.2, 0.25) is 0 Å². The summed E-state index contributed by atoms with van der Waals surface area (Å²) in [5, 5.41) is 0. The van der Waals surface area contributed by atoms with Gasteiger partial charge in [0.25, 0.3) is 0 Å². The largest absolute Gasteiger partial charge is 0.0839 e. The fourth-order valence-electron chi connectivity index (χ4n) is 1.91. The highest BCUT2D eigenvalue weighted by molar-refractivity contribution is 5.54. The van der Waals surface area contributed by atoms with Crippen molar-refractivity contribution in [2.24, 2.45) is 0 Å². The Bertz CT molecular complexity index is 334. The van der Waals surface area contributed by atoms with Gasteiger partial charge in [0, 0.05) is 0 Å². The summed E-state index contributed by atoms with van der Waals surface area (Å²) in [6, 6.07) is 6.65. The first-order valence-corrected chi connectivity index (χ1v) is 6.48. The van der Waals surface area contributed by atoms with E-state index in [2.05, 4.69) is 51.1 Å². The fraction of sp³-hybridized carbons (Fsp3) is 0.500. The van der Waals surface area contributed by atoms with Crippen LogP contribution in [0, 0.1) is 13.8 Å². The molecule has 88 valence electrons. The minimum absolute atomic E-state index is 1.22. The molecule has 0 unspecified atom stereocenters. The standard InChI is InChI=1S/C16H24/c1-4-5-6-7-8-9-10-16-12-11-14(2)13-15(16)3/h9-13H,4-8H2,1-3H3. The maximum Gasteiger partial charge on any atom is -0.0230 e. The van der Waals surface area contributed by atoms with Crippen molar-refractivity contribution in [3.8, 4) is 0 Å². The van der Waals surface area contributed by atoms with Crippen molar-refractivity contribution in [2.75, 3.05) is 0 Å². The zero-order valence-corrected chi connectivity index (χ0v) is 10.9. The lowest BCUT2D eigenvalue weighted by atomic mass is 10.0. The van der Waals surface area contributed by atoms with Crippen molar-refractivity contribution in [1.82, 2.24) is 0 Å². The predicted octanol–water partition coefficient (Wildman–Crippen LogP) is 5.29. The van der Waals surface area contributed by atoms with Gasteiger partial charge in [-0.1, -0.05) is 62.1 Å². The first kappa shape index (κ1) is 13.0. The molecule has 1 rings (SSSR count). The molecule has 0 fully saturated rings. The molecule has 0 aliphatic heterocycles. The summed E-state index contributed by atoms with van der Waals surface area (Å²) in [7, 11) is 0. The summed E-state index contributed by atoms with van der Waals surface area (Å²) in [4.78, 5) is 0. The molecule has 0 amide bonds. The molecular formula is C16H24. The van der Waals surface area contributed by atoms with Crippen LogP contribution in [0.2, 0.25) is 0 Å². The van der Waals surface area contributed by atoms with Crippen molar-refractivity contribution < 1.29 is 0 Å². The minimum Gasteiger partial charge on any atom is -0.0839 e. The molecule has 0 aliphatic carbocycles. The first-order chi connectivity index (χ1) is 7.74. The summed E-state index contributed by atoms with van der Waals surface area (Å²) in [5.74, 6) is 0. The van der Waals surface area contributed by atoms with Crippen LogP contribution >= 0.6 is 0 Å². The molecule has 0 saturated carbocycles. The lowest BCUT2D eigenvalue weighted by Gasteiger charge is -2.01. The van der Waals surface area contributed by atoms with Gasteiger partial charge in [0.15, 0.2) is 0 Å². The van der Waals surface area contributed by atoms with Crippen LogP contribution in [0.4, 0.5) is 0 Å². The Labute approximate surface area is 100 Å². The maximum absolute atomic E-state index is 2.31. The molecule has 0 atom stereocenters. The van der Waals surface area contributed by atoms with E-state index >= 15 is 0 Å². The van der Waals surface area contributed by atoms with E-state index in [9.17, 15) is 0 Å². The first-order valence-electron chi connectivity index (χ1n) is 6.48. The molecular weight excluding hydrogens is 192 g/mol. The zero-order chi connectivity index (χ0) is 11.8. The van der Waals surface area contributed by atoms with E-state index in [-0.39, 0.29) is 0 Å². The highest BCUT2D eigenvalue weighted by Crippen LogP contribution is 2.13. The van der Waals surface area contributed by atoms with Crippen molar-refractivity contribution in [2.45, 2.75) is 52.9 Å². The Morgan fingerprint density at radius 3 is 2.56 bits per heavy atom. The third kappa shape index (κ3) is 4.65. The molecule has 0 nitrogen and oxygen atoms in total. The van der Waals surface area contributed by atoms with Gasteiger partial charge in [-0.3, -0.25) is 0 Å². The number of hydrogen-bond acceptors (Lipinski definition) is 0. The van der Waals surface area contributed by atoms with Gasteiger partial charge in [-0.15, -0.1) is 0 Å². The van der Waals surface area contributed by atoms with Crippen LogP contribution < -0.4 is 0 Å². The van der Waals surface area contributed by atoms with E-state index < -0.39 is 0 Å². The number of rotatable bonds is 6. The smallest absolute Gasteiger partial charge is 0.0230 e. The van der Waals surface area contributed by atoms with Gasteiger partial charge < -0.3 is 0 Å². The third-order valence-corrected chi connectivity index (χ3v) is 2.95. The third-order valence-electron chi connectivity index (χ3n) is 2.95. The van der Waals surface area contributed by atoms with E-state index in [0.29, 0.717) is 0 Å². The maximum atomic E-state index is 2.31. The van der Waals surface area contributed by atoms with Gasteiger partial charge in [-0.25, -0.2) is 0 Å². The van der Waals surface area contributed by atoms with Crippen LogP contribution in [0.1, 0.15) is 55.7 Å². The summed E-state index contributed by atoms with van der Waals surface area (Å²) in [6.45, 7) is 6.58. The Morgan fingerprint density at radius 1 is 1.06 bits per heavy atom. The normalized spacial score (nSPS) is 11.2. The van der Waals surface area contributed by atoms with Crippen molar-refractivity contribution in [3.05, 3.63) is 41.0 Å². The molecule has 0 radical (unpaired) electrons. The minimum atomic E-state index is 1.22. The Morgan fingerprint density at radius 2 is 1.88 bits per heavy atom. The summed E-state index contributed by atoms with van der Waals surface area (Å²) in [5.41, 5.74) is 4.09. The zero-order valence-electron chi connectivity index (χ0n) is 10.9. The number of hydrogen-bond donors (Lipinski definition) is 0. The van der Waals surface area contributed by atoms with Crippen molar-refractivity contribution in [1.29, 1.82) is 0 Å². The van der Waals surface area contributed by atoms with Crippen molar-refractivity contribution >= 4 is 6.08 Å². The topological polar surface area (TPSA) is 0 Å². The van der Waals surface area contributed by atoms with Crippen LogP contribution in [-0.2, 0) is 0 Å². The van der Waals surface area contributed by atoms with Gasteiger partial charge >= 0.3 is 0 Å². The Kier molecular flexibility index (Phi) is 5.92. The second kappa shape index (κ2) is 7.27. The summed E-state index contributed by atoms with van der Waals surface area (Å²) < 4.78 is 0.